The summed E-state index contributed by atoms with van der Waals surface area (Å²) in [5.41, 5.74) is 2.02. The van der Waals surface area contributed by atoms with Crippen molar-refractivity contribution in [1.82, 2.24) is 10.2 Å². The molecule has 1 amide bonds. The summed E-state index contributed by atoms with van der Waals surface area (Å²) in [7, 11) is 1.64. The zero-order chi connectivity index (χ0) is 24.8. The van der Waals surface area contributed by atoms with E-state index in [1.807, 2.05) is 42.5 Å². The van der Waals surface area contributed by atoms with E-state index in [2.05, 4.69) is 22.3 Å². The fourth-order valence-corrected chi connectivity index (χ4v) is 4.68. The van der Waals surface area contributed by atoms with E-state index in [-0.39, 0.29) is 24.4 Å². The second-order valence-corrected chi connectivity index (χ2v) is 8.90. The number of alkyl halides is 3. The monoisotopic (exact) mass is 482 g/mol. The molecule has 1 heterocycles. The van der Waals surface area contributed by atoms with Crippen LogP contribution in [-0.2, 0) is 24.1 Å². The predicted molar refractivity (Wildman–Crippen MR) is 129 cm³/mol. The molecule has 0 saturated carbocycles. The number of hydrogen-bond acceptors (Lipinski definition) is 3. The third kappa shape index (κ3) is 6.42. The van der Waals surface area contributed by atoms with Gasteiger partial charge in [0.1, 0.15) is 5.75 Å². The van der Waals surface area contributed by atoms with E-state index >= 15 is 0 Å². The molecule has 0 aromatic heterocycles. The van der Waals surface area contributed by atoms with E-state index in [9.17, 15) is 18.0 Å². The number of amides is 1. The van der Waals surface area contributed by atoms with Crippen LogP contribution in [0.2, 0.25) is 0 Å². The van der Waals surface area contributed by atoms with Crippen LogP contribution in [0, 0.1) is 5.92 Å². The number of nitrogens with zero attached hydrogens (tertiary/aromatic N) is 1. The van der Waals surface area contributed by atoms with Crippen LogP contribution in [0.1, 0.15) is 41.1 Å². The SMILES string of the molecule is COc1cccc(CN2C[C@H](C(=O)NCc3cccc(C(F)(F)F)c3)CC[C@@H]2c2ccccc2)c1. The normalized spacial score (nSPS) is 18.7. The van der Waals surface area contributed by atoms with E-state index in [0.29, 0.717) is 25.1 Å². The lowest BCUT2D eigenvalue weighted by Crippen LogP contribution is -2.44. The van der Waals surface area contributed by atoms with Crippen molar-refractivity contribution in [3.8, 4) is 5.75 Å². The van der Waals surface area contributed by atoms with Crippen LogP contribution in [0.3, 0.4) is 0 Å². The highest BCUT2D eigenvalue weighted by atomic mass is 19.4. The van der Waals surface area contributed by atoms with E-state index in [1.165, 1.54) is 11.6 Å². The minimum atomic E-state index is -4.41. The van der Waals surface area contributed by atoms with Gasteiger partial charge < -0.3 is 10.1 Å². The van der Waals surface area contributed by atoms with Crippen LogP contribution < -0.4 is 10.1 Å². The first-order chi connectivity index (χ1) is 16.8. The number of piperidine rings is 1. The maximum atomic E-state index is 13.0. The minimum Gasteiger partial charge on any atom is -0.497 e. The summed E-state index contributed by atoms with van der Waals surface area (Å²) in [6, 6.07) is 23.4. The topological polar surface area (TPSA) is 41.6 Å². The molecular formula is C28H29F3N2O2. The molecular weight excluding hydrogens is 453 g/mol. The molecule has 4 nitrogen and oxygen atoms in total. The Kier molecular flexibility index (Phi) is 7.76. The van der Waals surface area contributed by atoms with Crippen LogP contribution in [-0.4, -0.2) is 24.5 Å². The highest BCUT2D eigenvalue weighted by Gasteiger charge is 2.33. The smallest absolute Gasteiger partial charge is 0.416 e. The quantitative estimate of drug-likeness (QED) is 0.450. The summed E-state index contributed by atoms with van der Waals surface area (Å²) < 4.78 is 44.4. The number of halogens is 3. The number of ether oxygens (including phenoxy) is 1. The highest BCUT2D eigenvalue weighted by molar-refractivity contribution is 5.79. The second-order valence-electron chi connectivity index (χ2n) is 8.90. The van der Waals surface area contributed by atoms with Crippen LogP contribution >= 0.6 is 0 Å². The minimum absolute atomic E-state index is 0.0667. The van der Waals surface area contributed by atoms with Gasteiger partial charge in [-0.3, -0.25) is 9.69 Å². The van der Waals surface area contributed by atoms with Gasteiger partial charge in [-0.1, -0.05) is 54.6 Å². The summed E-state index contributed by atoms with van der Waals surface area (Å²) in [6.45, 7) is 1.29. The van der Waals surface area contributed by atoms with Crippen molar-refractivity contribution >= 4 is 5.91 Å². The first-order valence-electron chi connectivity index (χ1n) is 11.7. The van der Waals surface area contributed by atoms with Gasteiger partial charge in [-0.2, -0.15) is 13.2 Å². The Bertz CT molecular complexity index is 1130. The molecule has 0 radical (unpaired) electrons. The largest absolute Gasteiger partial charge is 0.497 e. The number of benzene rings is 3. The Labute approximate surface area is 203 Å². The van der Waals surface area contributed by atoms with Crippen molar-refractivity contribution in [3.05, 3.63) is 101 Å². The second kappa shape index (κ2) is 11.0. The Morgan fingerprint density at radius 2 is 1.71 bits per heavy atom. The highest BCUT2D eigenvalue weighted by Crippen LogP contribution is 2.35. The number of nitrogens with one attached hydrogen (secondary N) is 1. The van der Waals surface area contributed by atoms with Gasteiger partial charge in [-0.25, -0.2) is 0 Å². The lowest BCUT2D eigenvalue weighted by Gasteiger charge is -2.39. The Hall–Kier alpha value is -3.32. The number of rotatable bonds is 7. The van der Waals surface area contributed by atoms with Crippen LogP contribution in [0.15, 0.2) is 78.9 Å². The molecule has 0 bridgehead atoms. The molecule has 0 spiro atoms. The van der Waals surface area contributed by atoms with Crippen LogP contribution in [0.5, 0.6) is 5.75 Å². The lowest BCUT2D eigenvalue weighted by molar-refractivity contribution is -0.137. The lowest BCUT2D eigenvalue weighted by atomic mass is 9.88. The number of likely N-dealkylation sites (tertiary alicyclic amines) is 1. The predicted octanol–water partition coefficient (Wildman–Crippen LogP) is 5.98. The molecule has 1 aliphatic rings. The molecule has 3 aromatic carbocycles. The average molecular weight is 483 g/mol. The summed E-state index contributed by atoms with van der Waals surface area (Å²) in [6.07, 6.45) is -2.88. The van der Waals surface area contributed by atoms with E-state index in [4.69, 9.17) is 4.74 Å². The Morgan fingerprint density at radius 3 is 2.46 bits per heavy atom. The first kappa shape index (κ1) is 24.8. The van der Waals surface area contributed by atoms with E-state index < -0.39 is 11.7 Å². The van der Waals surface area contributed by atoms with Gasteiger partial charge in [0.25, 0.3) is 0 Å². The molecule has 7 heteroatoms. The van der Waals surface area contributed by atoms with Gasteiger partial charge in [0.2, 0.25) is 5.91 Å². The molecule has 1 aliphatic heterocycles. The van der Waals surface area contributed by atoms with Crippen molar-refractivity contribution in [2.24, 2.45) is 5.92 Å². The molecule has 1 saturated heterocycles. The zero-order valence-corrected chi connectivity index (χ0v) is 19.6. The van der Waals surface area contributed by atoms with Crippen molar-refractivity contribution in [2.45, 2.75) is 38.1 Å². The summed E-state index contributed by atoms with van der Waals surface area (Å²) in [4.78, 5) is 15.3. The third-order valence-electron chi connectivity index (χ3n) is 6.48. The summed E-state index contributed by atoms with van der Waals surface area (Å²) >= 11 is 0. The van der Waals surface area contributed by atoms with Gasteiger partial charge in [0, 0.05) is 25.7 Å². The molecule has 1 N–H and O–H groups in total. The van der Waals surface area contributed by atoms with Gasteiger partial charge in [-0.15, -0.1) is 0 Å². The number of methoxy groups -OCH3 is 1. The number of carbonyl (C=O) groups is 1. The Balaban J connectivity index is 1.46. The summed E-state index contributed by atoms with van der Waals surface area (Å²) in [5.74, 6) is 0.405. The molecule has 35 heavy (non-hydrogen) atoms. The van der Waals surface area contributed by atoms with Gasteiger partial charge >= 0.3 is 6.18 Å². The molecule has 0 unspecified atom stereocenters. The fraction of sp³-hybridized carbons (Fsp3) is 0.321. The van der Waals surface area contributed by atoms with E-state index in [1.54, 1.807) is 13.2 Å². The molecule has 0 aliphatic carbocycles. The maximum Gasteiger partial charge on any atom is 0.416 e. The molecule has 184 valence electrons. The number of hydrogen-bond donors (Lipinski definition) is 1. The maximum absolute atomic E-state index is 13.0. The van der Waals surface area contributed by atoms with E-state index in [0.717, 1.165) is 29.9 Å². The Morgan fingerprint density at radius 1 is 0.971 bits per heavy atom. The molecule has 4 rings (SSSR count). The summed E-state index contributed by atoms with van der Waals surface area (Å²) in [5, 5.41) is 2.85. The standard InChI is InChI=1S/C28H29F3N2O2/c1-35-25-12-6-8-21(16-25)18-33-19-23(13-14-26(33)22-9-3-2-4-10-22)27(34)32-17-20-7-5-11-24(15-20)28(29,30)31/h2-12,15-16,23,26H,13-14,17-19H2,1H3,(H,32,34)/t23-,26-/m1/s1. The third-order valence-corrected chi connectivity index (χ3v) is 6.48. The zero-order valence-electron chi connectivity index (χ0n) is 19.6. The molecule has 1 fully saturated rings. The van der Waals surface area contributed by atoms with Crippen molar-refractivity contribution < 1.29 is 22.7 Å². The van der Waals surface area contributed by atoms with Crippen molar-refractivity contribution in [1.29, 1.82) is 0 Å². The van der Waals surface area contributed by atoms with Crippen LogP contribution in [0.25, 0.3) is 0 Å². The van der Waals surface area contributed by atoms with Gasteiger partial charge in [0.05, 0.1) is 18.6 Å². The average Bonchev–Trinajstić information content (AvgIpc) is 2.87. The van der Waals surface area contributed by atoms with Crippen molar-refractivity contribution in [3.63, 3.8) is 0 Å². The molecule has 3 aromatic rings. The van der Waals surface area contributed by atoms with Gasteiger partial charge in [0.15, 0.2) is 0 Å². The van der Waals surface area contributed by atoms with Gasteiger partial charge in [-0.05, 0) is 53.8 Å². The fourth-order valence-electron chi connectivity index (χ4n) is 4.68. The van der Waals surface area contributed by atoms with Crippen molar-refractivity contribution in [2.75, 3.05) is 13.7 Å². The first-order valence-corrected chi connectivity index (χ1v) is 11.7. The molecule has 2 atom stereocenters. The van der Waals surface area contributed by atoms with Crippen LogP contribution in [0.4, 0.5) is 13.2 Å². The number of carbonyl (C=O) groups excluding carboxylic acids is 1.